The Kier molecular flexibility index (Phi) is 19.3. The average Bonchev–Trinajstić information content (AvgIpc) is 3.24. The van der Waals surface area contributed by atoms with Crippen LogP contribution in [0.25, 0.3) is 0 Å². The lowest BCUT2D eigenvalue weighted by atomic mass is 9.88. The lowest BCUT2D eigenvalue weighted by molar-refractivity contribution is -0.461. The molecule has 392 valence electrons. The summed E-state index contributed by atoms with van der Waals surface area (Å²) < 4.78 is 259. The maximum Gasteiger partial charge on any atom is 0.460 e. The van der Waals surface area contributed by atoms with E-state index in [9.17, 15) is 75.4 Å². The van der Waals surface area contributed by atoms with Crippen LogP contribution in [0.4, 0.5) is 85.1 Å². The van der Waals surface area contributed by atoms with Crippen LogP contribution in [0.1, 0.15) is 66.6 Å². The largest absolute Gasteiger partial charge is 0.497 e. The number of hydrogen-bond acceptors (Lipinski definition) is 7. The number of halogens is 17. The van der Waals surface area contributed by atoms with E-state index in [-0.39, 0.29) is 5.75 Å². The van der Waals surface area contributed by atoms with Gasteiger partial charge in [0.05, 0.1) is 13.7 Å². The molecule has 0 fully saturated rings. The number of carbonyl (C=O) groups is 2. The fraction of sp³-hybridized carbons (Fsp3) is 0.571. The molecule has 0 bridgehead atoms. The molecule has 2 rings (SSSR count). The van der Waals surface area contributed by atoms with Gasteiger partial charge in [-0.2, -0.15) is 74.6 Å². The molecule has 0 saturated carbocycles. The van der Waals surface area contributed by atoms with E-state index in [4.69, 9.17) is 23.8 Å². The maximum absolute atomic E-state index is 15.0. The molecular formula is C42H49F17N2O7Si. The van der Waals surface area contributed by atoms with E-state index in [0.717, 1.165) is 6.08 Å². The number of benzene rings is 2. The summed E-state index contributed by atoms with van der Waals surface area (Å²) in [4.78, 5) is 24.7. The summed E-state index contributed by atoms with van der Waals surface area (Å²) in [6.07, 6.45) is -9.64. The van der Waals surface area contributed by atoms with Gasteiger partial charge in [-0.05, 0) is 78.5 Å². The number of nitrogens with one attached hydrogen (secondary N) is 2. The SMILES string of the molecule is COc1ccc(NC(=O)O[C@H](c2ccc(OCCO[Si](CCC(F)(F)C(F)(F)C(F)(F)C(F)(F)C(F)(F)C(F)(F)C(F)(F)C(F)(F)F)(C(C)C)C(C)C)cc2)[C@@H](C)/C(C)=C/C(C)=C/C(=O)NO)cc1. The smallest absolute Gasteiger partial charge is 0.460 e. The van der Waals surface area contributed by atoms with E-state index in [0.29, 0.717) is 28.1 Å². The molecule has 0 unspecified atom stereocenters. The zero-order chi connectivity index (χ0) is 53.6. The second kappa shape index (κ2) is 22.1. The highest BCUT2D eigenvalue weighted by atomic mass is 28.4. The summed E-state index contributed by atoms with van der Waals surface area (Å²) in [5.74, 6) is -57.7. The number of amides is 2. The van der Waals surface area contributed by atoms with Crippen molar-refractivity contribution < 1.29 is 108 Å². The molecule has 0 aromatic heterocycles. The van der Waals surface area contributed by atoms with Crippen molar-refractivity contribution in [1.29, 1.82) is 0 Å². The van der Waals surface area contributed by atoms with Gasteiger partial charge in [-0.3, -0.25) is 15.3 Å². The first-order valence-electron chi connectivity index (χ1n) is 20.3. The molecule has 9 nitrogen and oxygen atoms in total. The molecule has 0 spiro atoms. The van der Waals surface area contributed by atoms with Gasteiger partial charge in [0.15, 0.2) is 8.32 Å². The van der Waals surface area contributed by atoms with Crippen LogP contribution in [0.15, 0.2) is 71.8 Å². The Bertz CT molecular complexity index is 2090. The van der Waals surface area contributed by atoms with Crippen molar-refractivity contribution in [3.8, 4) is 11.5 Å². The van der Waals surface area contributed by atoms with Crippen LogP contribution >= 0.6 is 0 Å². The average molecular weight is 1040 g/mol. The van der Waals surface area contributed by atoms with Gasteiger partial charge in [0.2, 0.25) is 0 Å². The molecule has 2 aromatic rings. The molecule has 0 aliphatic heterocycles. The molecule has 0 radical (unpaired) electrons. The Hall–Kier alpha value is -4.79. The third-order valence-corrected chi connectivity index (χ3v) is 16.9. The topological polar surface area (TPSA) is 115 Å². The predicted molar refractivity (Wildman–Crippen MR) is 216 cm³/mol. The van der Waals surface area contributed by atoms with Crippen molar-refractivity contribution in [3.63, 3.8) is 0 Å². The molecule has 0 heterocycles. The number of carbonyl (C=O) groups excluding carboxylic acids is 2. The Labute approximate surface area is 385 Å². The van der Waals surface area contributed by atoms with Gasteiger partial charge in [-0.25, -0.2) is 10.3 Å². The summed E-state index contributed by atoms with van der Waals surface area (Å²) in [6.45, 7) is 9.19. The van der Waals surface area contributed by atoms with Gasteiger partial charge in [0, 0.05) is 24.1 Å². The first-order valence-corrected chi connectivity index (χ1v) is 22.5. The van der Waals surface area contributed by atoms with Crippen molar-refractivity contribution in [2.24, 2.45) is 5.92 Å². The number of hydroxylamine groups is 1. The van der Waals surface area contributed by atoms with Crippen molar-refractivity contribution in [2.45, 2.75) is 126 Å². The Morgan fingerprint density at radius 1 is 0.652 bits per heavy atom. The van der Waals surface area contributed by atoms with Gasteiger partial charge in [-0.15, -0.1) is 0 Å². The third kappa shape index (κ3) is 12.6. The standard InChI is InChI=1S/C42H49F17N2O7Si/c1-23(2)69(24(3)4,20-17-35(43,44)36(45,46)37(47,48)38(49,50)39(51,52)40(53,54)41(55,56)42(57,58)59)67-19-18-66-31-13-9-28(10-14-31)33(27(7)26(6)21-25(5)22-32(62)61-64)68-34(63)60-29-11-15-30(65-8)16-12-29/h9-16,21-24,27,33,64H,17-20H2,1-8H3,(H,60,63)(H,61,62)/b25-22+,26-21+/t27-,33-/m0/s1. The molecule has 3 N–H and O–H groups in total. The number of hydrogen-bond donors (Lipinski definition) is 3. The van der Waals surface area contributed by atoms with Gasteiger partial charge >= 0.3 is 53.7 Å². The van der Waals surface area contributed by atoms with Gasteiger partial charge in [0.25, 0.3) is 5.91 Å². The highest BCUT2D eigenvalue weighted by Crippen LogP contribution is 2.64. The lowest BCUT2D eigenvalue weighted by Crippen LogP contribution is -2.74. The highest BCUT2D eigenvalue weighted by Gasteiger charge is 2.95. The monoisotopic (exact) mass is 1040 g/mol. The summed E-state index contributed by atoms with van der Waals surface area (Å²) in [5.41, 5.74) is 1.40. The van der Waals surface area contributed by atoms with E-state index in [1.165, 1.54) is 64.6 Å². The summed E-state index contributed by atoms with van der Waals surface area (Å²) in [6, 6.07) is 10.6. The molecule has 2 aromatic carbocycles. The molecule has 0 aliphatic carbocycles. The van der Waals surface area contributed by atoms with Crippen LogP contribution in [0.2, 0.25) is 17.1 Å². The van der Waals surface area contributed by atoms with E-state index in [1.807, 2.05) is 0 Å². The quantitative estimate of drug-likeness (QED) is 0.0182. The Morgan fingerprint density at radius 3 is 1.57 bits per heavy atom. The highest BCUT2D eigenvalue weighted by molar-refractivity contribution is 6.76. The summed E-state index contributed by atoms with van der Waals surface area (Å²) in [5, 5.41) is 11.4. The maximum atomic E-state index is 15.0. The first kappa shape index (κ1) is 60.3. The fourth-order valence-corrected chi connectivity index (χ4v) is 11.4. The minimum Gasteiger partial charge on any atom is -0.497 e. The number of anilines is 1. The number of rotatable bonds is 24. The molecule has 69 heavy (non-hydrogen) atoms. The van der Waals surface area contributed by atoms with Gasteiger partial charge in [0.1, 0.15) is 24.2 Å². The molecule has 2 amide bonds. The lowest BCUT2D eigenvalue weighted by Gasteiger charge is -2.44. The zero-order valence-electron chi connectivity index (χ0n) is 37.7. The van der Waals surface area contributed by atoms with Crippen molar-refractivity contribution in [2.75, 3.05) is 25.6 Å². The van der Waals surface area contributed by atoms with Crippen molar-refractivity contribution >= 4 is 26.0 Å². The van der Waals surface area contributed by atoms with E-state index >= 15 is 8.78 Å². The van der Waals surface area contributed by atoms with Crippen molar-refractivity contribution in [3.05, 3.63) is 77.4 Å². The summed E-state index contributed by atoms with van der Waals surface area (Å²) >= 11 is 0. The summed E-state index contributed by atoms with van der Waals surface area (Å²) in [7, 11) is -2.60. The number of allylic oxidation sites excluding steroid dienone is 2. The molecule has 2 atom stereocenters. The van der Waals surface area contributed by atoms with Gasteiger partial charge < -0.3 is 18.6 Å². The Balaban J connectivity index is 2.35. The van der Waals surface area contributed by atoms with E-state index in [1.54, 1.807) is 51.1 Å². The minimum absolute atomic E-state index is 0.101. The van der Waals surface area contributed by atoms with E-state index in [2.05, 4.69) is 5.32 Å². The van der Waals surface area contributed by atoms with Crippen LogP contribution in [-0.4, -0.2) is 93.5 Å². The van der Waals surface area contributed by atoms with Crippen LogP contribution in [-0.2, 0) is 14.0 Å². The molecular weight excluding hydrogens is 996 g/mol. The minimum atomic E-state index is -8.71. The van der Waals surface area contributed by atoms with Crippen LogP contribution in [0, 0.1) is 5.92 Å². The van der Waals surface area contributed by atoms with Gasteiger partial charge in [-0.1, -0.05) is 58.4 Å². The molecule has 0 saturated heterocycles. The van der Waals surface area contributed by atoms with Crippen molar-refractivity contribution in [1.82, 2.24) is 5.48 Å². The fourth-order valence-electron chi connectivity index (χ4n) is 6.91. The second-order valence-corrected chi connectivity index (χ2v) is 21.4. The molecule has 0 aliphatic rings. The first-order chi connectivity index (χ1) is 31.3. The van der Waals surface area contributed by atoms with E-state index < -0.39 is 117 Å². The zero-order valence-corrected chi connectivity index (χ0v) is 38.7. The number of ether oxygens (including phenoxy) is 3. The second-order valence-electron chi connectivity index (χ2n) is 16.4. The number of alkyl halides is 17. The van der Waals surface area contributed by atoms with Crippen LogP contribution in [0.3, 0.4) is 0 Å². The predicted octanol–water partition coefficient (Wildman–Crippen LogP) is 13.6. The van der Waals surface area contributed by atoms with Crippen LogP contribution < -0.4 is 20.3 Å². The molecule has 27 heteroatoms. The number of methoxy groups -OCH3 is 1. The third-order valence-electron chi connectivity index (χ3n) is 11.2. The van der Waals surface area contributed by atoms with Crippen LogP contribution in [0.5, 0.6) is 11.5 Å². The normalized spacial score (nSPS) is 15.2. The Morgan fingerprint density at radius 2 is 1.12 bits per heavy atom.